The third-order valence-electron chi connectivity index (χ3n) is 1.49. The normalized spacial score (nSPS) is 10.1. The van der Waals surface area contributed by atoms with Gasteiger partial charge in [0.1, 0.15) is 17.2 Å². The number of carboxylic acids is 1. The molecule has 78 valence electrons. The van der Waals surface area contributed by atoms with Gasteiger partial charge in [-0.3, -0.25) is 0 Å². The maximum absolute atomic E-state index is 10.5. The van der Waals surface area contributed by atoms with Crippen molar-refractivity contribution >= 4 is 17.3 Å². The molecule has 1 rings (SSSR count). The van der Waals surface area contributed by atoms with Crippen LogP contribution < -0.4 is 4.74 Å². The number of thiophene rings is 1. The molecule has 1 aromatic heterocycles. The lowest BCUT2D eigenvalue weighted by atomic mass is 10.4. The quantitative estimate of drug-likeness (QED) is 0.737. The fourth-order valence-corrected chi connectivity index (χ4v) is 1.53. The molecule has 0 unspecified atom stereocenters. The summed E-state index contributed by atoms with van der Waals surface area (Å²) in [5.41, 5.74) is 0. The number of aromatic carboxylic acids is 1. The van der Waals surface area contributed by atoms with Crippen molar-refractivity contribution in [3.63, 3.8) is 0 Å². The first-order chi connectivity index (χ1) is 6.74. The Morgan fingerprint density at radius 1 is 1.57 bits per heavy atom. The molecule has 0 aliphatic heterocycles. The average molecular weight is 216 g/mol. The molecule has 0 fully saturated rings. The average Bonchev–Trinajstić information content (AvgIpc) is 2.61. The fourth-order valence-electron chi connectivity index (χ4n) is 0.869. The van der Waals surface area contributed by atoms with Gasteiger partial charge in [-0.1, -0.05) is 0 Å². The summed E-state index contributed by atoms with van der Waals surface area (Å²) in [5, 5.41) is 10.3. The summed E-state index contributed by atoms with van der Waals surface area (Å²) in [6, 6.07) is 1.51. The van der Waals surface area contributed by atoms with Crippen LogP contribution in [0.15, 0.2) is 11.4 Å². The second-order valence-electron chi connectivity index (χ2n) is 2.50. The van der Waals surface area contributed by atoms with E-state index in [9.17, 15) is 4.79 Å². The first-order valence-electron chi connectivity index (χ1n) is 4.26. The van der Waals surface area contributed by atoms with Gasteiger partial charge < -0.3 is 14.6 Å². The highest BCUT2D eigenvalue weighted by atomic mass is 32.1. The second-order valence-corrected chi connectivity index (χ2v) is 3.41. The molecule has 1 aromatic rings. The Hall–Kier alpha value is -1.07. The number of carbonyl (C=O) groups is 1. The van der Waals surface area contributed by atoms with Gasteiger partial charge >= 0.3 is 5.97 Å². The van der Waals surface area contributed by atoms with Gasteiger partial charge in [-0.15, -0.1) is 11.3 Å². The van der Waals surface area contributed by atoms with Gasteiger partial charge in [-0.25, -0.2) is 4.79 Å². The molecular weight excluding hydrogens is 204 g/mol. The molecule has 0 aliphatic rings. The molecule has 0 amide bonds. The fraction of sp³-hybridized carbons (Fsp3) is 0.444. The molecule has 14 heavy (non-hydrogen) atoms. The summed E-state index contributed by atoms with van der Waals surface area (Å²) >= 11 is 1.16. The largest absolute Gasteiger partial charge is 0.490 e. The SMILES string of the molecule is CCOCCOc1csc(C(=O)O)c1. The van der Waals surface area contributed by atoms with E-state index < -0.39 is 5.97 Å². The molecule has 0 atom stereocenters. The van der Waals surface area contributed by atoms with Crippen molar-refractivity contribution in [2.45, 2.75) is 6.92 Å². The van der Waals surface area contributed by atoms with E-state index in [2.05, 4.69) is 0 Å². The highest BCUT2D eigenvalue weighted by Crippen LogP contribution is 2.21. The van der Waals surface area contributed by atoms with Gasteiger partial charge in [-0.2, -0.15) is 0 Å². The van der Waals surface area contributed by atoms with E-state index in [1.165, 1.54) is 6.07 Å². The summed E-state index contributed by atoms with van der Waals surface area (Å²) in [6.45, 7) is 3.54. The molecule has 0 radical (unpaired) electrons. The van der Waals surface area contributed by atoms with Crippen LogP contribution in [0.3, 0.4) is 0 Å². The molecule has 5 heteroatoms. The lowest BCUT2D eigenvalue weighted by Gasteiger charge is -2.02. The van der Waals surface area contributed by atoms with Crippen LogP contribution in [0, 0.1) is 0 Å². The monoisotopic (exact) mass is 216 g/mol. The van der Waals surface area contributed by atoms with E-state index in [0.717, 1.165) is 11.3 Å². The summed E-state index contributed by atoms with van der Waals surface area (Å²) in [6.07, 6.45) is 0. The van der Waals surface area contributed by atoms with E-state index in [1.807, 2.05) is 6.92 Å². The van der Waals surface area contributed by atoms with E-state index in [-0.39, 0.29) is 4.88 Å². The van der Waals surface area contributed by atoms with Crippen molar-refractivity contribution in [2.75, 3.05) is 19.8 Å². The van der Waals surface area contributed by atoms with E-state index in [1.54, 1.807) is 5.38 Å². The van der Waals surface area contributed by atoms with Crippen molar-refractivity contribution in [1.82, 2.24) is 0 Å². The summed E-state index contributed by atoms with van der Waals surface area (Å²) in [7, 11) is 0. The van der Waals surface area contributed by atoms with Crippen molar-refractivity contribution < 1.29 is 19.4 Å². The standard InChI is InChI=1S/C9H12O4S/c1-2-12-3-4-13-7-5-8(9(10)11)14-6-7/h5-6H,2-4H2,1H3,(H,10,11). The van der Waals surface area contributed by atoms with Crippen LogP contribution in [-0.2, 0) is 4.74 Å². The van der Waals surface area contributed by atoms with Crippen molar-refractivity contribution in [2.24, 2.45) is 0 Å². The van der Waals surface area contributed by atoms with Gasteiger partial charge in [-0.05, 0) is 6.92 Å². The second kappa shape index (κ2) is 5.62. The van der Waals surface area contributed by atoms with Gasteiger partial charge in [0.25, 0.3) is 0 Å². The summed E-state index contributed by atoms with van der Waals surface area (Å²) in [5.74, 6) is -0.332. The van der Waals surface area contributed by atoms with Crippen LogP contribution in [0.1, 0.15) is 16.6 Å². The van der Waals surface area contributed by atoms with Gasteiger partial charge in [0.2, 0.25) is 0 Å². The van der Waals surface area contributed by atoms with E-state index >= 15 is 0 Å². The zero-order valence-corrected chi connectivity index (χ0v) is 8.67. The number of carboxylic acid groups (broad SMARTS) is 1. The first kappa shape index (κ1) is 11.0. The molecule has 0 saturated heterocycles. The maximum atomic E-state index is 10.5. The van der Waals surface area contributed by atoms with Crippen LogP contribution in [0.25, 0.3) is 0 Å². The van der Waals surface area contributed by atoms with Crippen molar-refractivity contribution in [3.05, 3.63) is 16.3 Å². The maximum Gasteiger partial charge on any atom is 0.346 e. The zero-order chi connectivity index (χ0) is 10.4. The lowest BCUT2D eigenvalue weighted by molar-refractivity contribution is 0.0701. The summed E-state index contributed by atoms with van der Waals surface area (Å²) < 4.78 is 10.3. The first-order valence-corrected chi connectivity index (χ1v) is 5.14. The molecule has 0 saturated carbocycles. The predicted octanol–water partition coefficient (Wildman–Crippen LogP) is 1.86. The van der Waals surface area contributed by atoms with Gasteiger partial charge in [0.05, 0.1) is 6.61 Å². The smallest absolute Gasteiger partial charge is 0.346 e. The van der Waals surface area contributed by atoms with Crippen LogP contribution in [-0.4, -0.2) is 30.9 Å². The molecule has 4 nitrogen and oxygen atoms in total. The molecule has 0 aliphatic carbocycles. The van der Waals surface area contributed by atoms with Gasteiger partial charge in [0.15, 0.2) is 0 Å². The Balaban J connectivity index is 2.33. The topological polar surface area (TPSA) is 55.8 Å². The van der Waals surface area contributed by atoms with Crippen molar-refractivity contribution in [3.8, 4) is 5.75 Å². The Morgan fingerprint density at radius 3 is 2.93 bits per heavy atom. The Bertz CT molecular complexity index is 295. The zero-order valence-electron chi connectivity index (χ0n) is 7.86. The third kappa shape index (κ3) is 3.35. The minimum Gasteiger partial charge on any atom is -0.490 e. The predicted molar refractivity (Wildman–Crippen MR) is 53.3 cm³/mol. The molecule has 1 heterocycles. The van der Waals surface area contributed by atoms with Crippen LogP contribution in [0.2, 0.25) is 0 Å². The molecular formula is C9H12O4S. The highest BCUT2D eigenvalue weighted by molar-refractivity contribution is 7.12. The number of rotatable bonds is 6. The summed E-state index contributed by atoms with van der Waals surface area (Å²) in [4.78, 5) is 10.8. The number of ether oxygens (including phenoxy) is 2. The Labute approximate surface area is 86.1 Å². The lowest BCUT2D eigenvalue weighted by Crippen LogP contribution is -2.05. The number of hydrogen-bond acceptors (Lipinski definition) is 4. The van der Waals surface area contributed by atoms with Crippen LogP contribution in [0.4, 0.5) is 0 Å². The Morgan fingerprint density at radius 2 is 2.36 bits per heavy atom. The molecule has 1 N–H and O–H groups in total. The van der Waals surface area contributed by atoms with E-state index in [0.29, 0.717) is 25.6 Å². The minimum atomic E-state index is -0.922. The highest BCUT2D eigenvalue weighted by Gasteiger charge is 2.06. The van der Waals surface area contributed by atoms with E-state index in [4.69, 9.17) is 14.6 Å². The molecule has 0 spiro atoms. The van der Waals surface area contributed by atoms with Crippen molar-refractivity contribution in [1.29, 1.82) is 0 Å². The van der Waals surface area contributed by atoms with Crippen LogP contribution >= 0.6 is 11.3 Å². The molecule has 0 aromatic carbocycles. The van der Waals surface area contributed by atoms with Gasteiger partial charge in [0, 0.05) is 18.1 Å². The third-order valence-corrected chi connectivity index (χ3v) is 2.38. The minimum absolute atomic E-state index is 0.288. The molecule has 0 bridgehead atoms. The number of hydrogen-bond donors (Lipinski definition) is 1. The van der Waals surface area contributed by atoms with Crippen LogP contribution in [0.5, 0.6) is 5.75 Å². The Kier molecular flexibility index (Phi) is 4.42.